The highest BCUT2D eigenvalue weighted by Gasteiger charge is 2.34. The van der Waals surface area contributed by atoms with E-state index < -0.39 is 17.8 Å². The highest BCUT2D eigenvalue weighted by molar-refractivity contribution is 5.99. The van der Waals surface area contributed by atoms with Crippen LogP contribution in [-0.4, -0.2) is 30.6 Å². The number of carbonyl (C=O) groups excluding carboxylic acids is 1. The Kier molecular flexibility index (Phi) is 5.31. The summed E-state index contributed by atoms with van der Waals surface area (Å²) in [5, 5.41) is 0.537. The number of piperidine rings is 1. The maximum atomic E-state index is 13.4. The zero-order valence-corrected chi connectivity index (χ0v) is 15.6. The van der Waals surface area contributed by atoms with Gasteiger partial charge in [0.1, 0.15) is 5.69 Å². The average Bonchev–Trinajstić information content (AvgIpc) is 2.58. The first-order valence-corrected chi connectivity index (χ1v) is 9.13. The molecule has 2 heterocycles. The topological polar surface area (TPSA) is 42.4 Å². The van der Waals surface area contributed by atoms with Crippen molar-refractivity contribution in [3.8, 4) is 0 Å². The highest BCUT2D eigenvalue weighted by atomic mass is 19.4. The zero-order chi connectivity index (χ0) is 19.8. The van der Waals surface area contributed by atoms with Crippen LogP contribution in [-0.2, 0) is 10.9 Å². The van der Waals surface area contributed by atoms with Gasteiger partial charge in [0.05, 0.1) is 17.7 Å². The number of alkyl halides is 3. The number of carbonyl (C=O) groups is 1. The predicted molar refractivity (Wildman–Crippen MR) is 97.9 cm³/mol. The SMILES string of the molecule is CCOC(=O)c1ccc2nc(C(F)(F)F)cc(N3C[C@@H](C)C[C@H](C)C3)c2c1. The number of fused-ring (bicyclic) bond motifs is 1. The van der Waals surface area contributed by atoms with Crippen molar-refractivity contribution in [3.05, 3.63) is 35.5 Å². The van der Waals surface area contributed by atoms with E-state index in [4.69, 9.17) is 4.74 Å². The molecule has 2 aromatic rings. The molecule has 0 bridgehead atoms. The van der Waals surface area contributed by atoms with Crippen LogP contribution >= 0.6 is 0 Å². The smallest absolute Gasteiger partial charge is 0.433 e. The molecule has 1 saturated heterocycles. The quantitative estimate of drug-likeness (QED) is 0.710. The molecule has 0 aliphatic carbocycles. The molecule has 0 N–H and O–H groups in total. The fourth-order valence-electron chi connectivity index (χ4n) is 3.82. The molecule has 1 aromatic carbocycles. The van der Waals surface area contributed by atoms with Gasteiger partial charge in [0.2, 0.25) is 0 Å². The van der Waals surface area contributed by atoms with Crippen molar-refractivity contribution in [1.82, 2.24) is 4.98 Å². The van der Waals surface area contributed by atoms with E-state index in [9.17, 15) is 18.0 Å². The van der Waals surface area contributed by atoms with Crippen LogP contribution < -0.4 is 4.90 Å². The summed E-state index contributed by atoms with van der Waals surface area (Å²) in [5.41, 5.74) is 0.0839. The summed E-state index contributed by atoms with van der Waals surface area (Å²) in [6.07, 6.45) is -3.49. The van der Waals surface area contributed by atoms with Crippen LogP contribution in [0.15, 0.2) is 24.3 Å². The molecule has 7 heteroatoms. The lowest BCUT2D eigenvalue weighted by molar-refractivity contribution is -0.140. The van der Waals surface area contributed by atoms with Crippen molar-refractivity contribution in [1.29, 1.82) is 0 Å². The second kappa shape index (κ2) is 7.37. The van der Waals surface area contributed by atoms with Crippen LogP contribution in [0.2, 0.25) is 0 Å². The fourth-order valence-corrected chi connectivity index (χ4v) is 3.82. The Hall–Kier alpha value is -2.31. The van der Waals surface area contributed by atoms with Crippen LogP contribution in [0.1, 0.15) is 43.2 Å². The first-order valence-electron chi connectivity index (χ1n) is 9.13. The summed E-state index contributed by atoms with van der Waals surface area (Å²) >= 11 is 0. The van der Waals surface area contributed by atoms with Gasteiger partial charge in [-0.25, -0.2) is 9.78 Å². The maximum Gasteiger partial charge on any atom is 0.433 e. The van der Waals surface area contributed by atoms with E-state index in [2.05, 4.69) is 18.8 Å². The lowest BCUT2D eigenvalue weighted by Gasteiger charge is -2.37. The molecule has 0 radical (unpaired) electrons. The van der Waals surface area contributed by atoms with Gasteiger partial charge in [-0.15, -0.1) is 0 Å². The third kappa shape index (κ3) is 4.17. The largest absolute Gasteiger partial charge is 0.462 e. The molecule has 0 amide bonds. The Balaban J connectivity index is 2.16. The van der Waals surface area contributed by atoms with Crippen LogP contribution in [0.5, 0.6) is 0 Å². The number of benzene rings is 1. The Morgan fingerprint density at radius 2 is 1.89 bits per heavy atom. The molecule has 1 aliphatic heterocycles. The van der Waals surface area contributed by atoms with Crippen molar-refractivity contribution in [2.24, 2.45) is 11.8 Å². The van der Waals surface area contributed by atoms with E-state index in [1.165, 1.54) is 12.1 Å². The van der Waals surface area contributed by atoms with E-state index in [-0.39, 0.29) is 12.1 Å². The first kappa shape index (κ1) is 19.5. The van der Waals surface area contributed by atoms with Crippen molar-refractivity contribution >= 4 is 22.6 Å². The molecule has 1 aromatic heterocycles. The molecular formula is C20H23F3N2O2. The summed E-state index contributed by atoms with van der Waals surface area (Å²) in [4.78, 5) is 17.8. The van der Waals surface area contributed by atoms with E-state index in [1.54, 1.807) is 13.0 Å². The normalized spacial score (nSPS) is 20.7. The molecule has 27 heavy (non-hydrogen) atoms. The second-order valence-electron chi connectivity index (χ2n) is 7.33. The van der Waals surface area contributed by atoms with Gasteiger partial charge in [0, 0.05) is 24.2 Å². The number of anilines is 1. The third-order valence-corrected chi connectivity index (χ3v) is 4.80. The van der Waals surface area contributed by atoms with E-state index in [1.807, 2.05) is 4.90 Å². The summed E-state index contributed by atoms with van der Waals surface area (Å²) in [6.45, 7) is 7.48. The molecule has 0 unspecified atom stereocenters. The molecule has 0 saturated carbocycles. The second-order valence-corrected chi connectivity index (χ2v) is 7.33. The zero-order valence-electron chi connectivity index (χ0n) is 15.6. The van der Waals surface area contributed by atoms with Crippen LogP contribution in [0.25, 0.3) is 10.9 Å². The molecule has 146 valence electrons. The van der Waals surface area contributed by atoms with Crippen molar-refractivity contribution in [2.75, 3.05) is 24.6 Å². The molecule has 1 fully saturated rings. The minimum Gasteiger partial charge on any atom is -0.462 e. The summed E-state index contributed by atoms with van der Waals surface area (Å²) in [7, 11) is 0. The first-order chi connectivity index (χ1) is 12.7. The standard InChI is InChI=1S/C20H23F3N2O2/c1-4-27-19(26)14-5-6-16-15(8-14)17(9-18(24-16)20(21,22)23)25-10-12(2)7-13(3)11-25/h5-6,8-9,12-13H,4,7,10-11H2,1-3H3/t12-,13-/m0/s1. The van der Waals surface area contributed by atoms with Crippen LogP contribution in [0.3, 0.4) is 0 Å². The lowest BCUT2D eigenvalue weighted by Crippen LogP contribution is -2.39. The van der Waals surface area contributed by atoms with Gasteiger partial charge in [0.15, 0.2) is 0 Å². The number of esters is 1. The Morgan fingerprint density at radius 3 is 2.48 bits per heavy atom. The number of nitrogens with zero attached hydrogens (tertiary/aromatic N) is 2. The number of ether oxygens (including phenoxy) is 1. The Morgan fingerprint density at radius 1 is 1.22 bits per heavy atom. The lowest BCUT2D eigenvalue weighted by atomic mass is 9.91. The Labute approximate surface area is 156 Å². The van der Waals surface area contributed by atoms with Crippen LogP contribution in [0.4, 0.5) is 18.9 Å². The van der Waals surface area contributed by atoms with Gasteiger partial charge in [-0.3, -0.25) is 0 Å². The van der Waals surface area contributed by atoms with Gasteiger partial charge >= 0.3 is 12.1 Å². The van der Waals surface area contributed by atoms with Gasteiger partial charge < -0.3 is 9.64 Å². The van der Waals surface area contributed by atoms with E-state index >= 15 is 0 Å². The van der Waals surface area contributed by atoms with Gasteiger partial charge in [-0.2, -0.15) is 13.2 Å². The minimum absolute atomic E-state index is 0.221. The van der Waals surface area contributed by atoms with Crippen molar-refractivity contribution in [2.45, 2.75) is 33.4 Å². The van der Waals surface area contributed by atoms with Gasteiger partial charge in [0.25, 0.3) is 0 Å². The summed E-state index contributed by atoms with van der Waals surface area (Å²) < 4.78 is 45.1. The molecule has 2 atom stereocenters. The summed E-state index contributed by atoms with van der Waals surface area (Å²) in [5.74, 6) is 0.254. The molecular weight excluding hydrogens is 357 g/mol. The van der Waals surface area contributed by atoms with E-state index in [0.29, 0.717) is 41.6 Å². The molecule has 0 spiro atoms. The highest BCUT2D eigenvalue weighted by Crippen LogP contribution is 2.37. The molecule has 1 aliphatic rings. The van der Waals surface area contributed by atoms with Crippen molar-refractivity contribution < 1.29 is 22.7 Å². The number of rotatable bonds is 3. The average molecular weight is 380 g/mol. The third-order valence-electron chi connectivity index (χ3n) is 4.80. The molecule has 3 rings (SSSR count). The maximum absolute atomic E-state index is 13.4. The number of halogens is 3. The number of pyridine rings is 1. The Bertz CT molecular complexity index is 841. The predicted octanol–water partition coefficient (Wildman–Crippen LogP) is 4.91. The minimum atomic E-state index is -4.53. The molecule has 4 nitrogen and oxygen atoms in total. The number of hydrogen-bond donors (Lipinski definition) is 0. The van der Waals surface area contributed by atoms with Crippen molar-refractivity contribution in [3.63, 3.8) is 0 Å². The van der Waals surface area contributed by atoms with Gasteiger partial charge in [-0.05, 0) is 49.4 Å². The van der Waals surface area contributed by atoms with Gasteiger partial charge in [-0.1, -0.05) is 13.8 Å². The monoisotopic (exact) mass is 380 g/mol. The van der Waals surface area contributed by atoms with E-state index in [0.717, 1.165) is 12.5 Å². The summed E-state index contributed by atoms with van der Waals surface area (Å²) in [6, 6.07) is 5.59. The van der Waals surface area contributed by atoms with Crippen LogP contribution in [0, 0.1) is 11.8 Å². The number of aromatic nitrogens is 1. The fraction of sp³-hybridized carbons (Fsp3) is 0.500. The number of hydrogen-bond acceptors (Lipinski definition) is 4.